The van der Waals surface area contributed by atoms with Crippen LogP contribution in [0.4, 0.5) is 4.39 Å². The number of rotatable bonds is 5. The van der Waals surface area contributed by atoms with E-state index in [1.54, 1.807) is 6.07 Å². The minimum Gasteiger partial charge on any atom is -0.492 e. The van der Waals surface area contributed by atoms with E-state index in [1.807, 2.05) is 0 Å². The van der Waals surface area contributed by atoms with Gasteiger partial charge in [-0.2, -0.15) is 0 Å². The number of carbonyl (C=O) groups excluding carboxylic acids is 1. The average molecular weight is 258 g/mol. The molecular formula is C12H13ClFNO2. The summed E-state index contributed by atoms with van der Waals surface area (Å²) < 4.78 is 17.7. The molecule has 0 radical (unpaired) electrons. The molecule has 0 amide bonds. The summed E-state index contributed by atoms with van der Waals surface area (Å²) >= 11 is 5.64. The first-order valence-electron chi connectivity index (χ1n) is 4.97. The maximum absolute atomic E-state index is 12.9. The number of hydrogen-bond donors (Lipinski definition) is 1. The van der Waals surface area contributed by atoms with Crippen LogP contribution in [0.1, 0.15) is 12.5 Å². The monoisotopic (exact) mass is 257 g/mol. The zero-order valence-electron chi connectivity index (χ0n) is 9.59. The van der Waals surface area contributed by atoms with E-state index in [9.17, 15) is 9.18 Å². The van der Waals surface area contributed by atoms with Crippen molar-refractivity contribution >= 4 is 17.4 Å². The Hall–Kier alpha value is -1.55. The van der Waals surface area contributed by atoms with E-state index in [0.29, 0.717) is 6.54 Å². The summed E-state index contributed by atoms with van der Waals surface area (Å²) in [5.74, 6) is -0.386. The molecule has 1 N–H and O–H groups in total. The lowest BCUT2D eigenvalue weighted by molar-refractivity contribution is -0.116. The van der Waals surface area contributed by atoms with Crippen molar-refractivity contribution in [3.63, 3.8) is 0 Å². The SMILES string of the molecule is CO/C(=C/NCc1ccc(F)c(Cl)c1)C(C)=O. The van der Waals surface area contributed by atoms with Gasteiger partial charge in [0.1, 0.15) is 5.82 Å². The Morgan fingerprint density at radius 1 is 1.59 bits per heavy atom. The van der Waals surface area contributed by atoms with Crippen LogP contribution in [0.25, 0.3) is 0 Å². The predicted molar refractivity (Wildman–Crippen MR) is 64.0 cm³/mol. The lowest BCUT2D eigenvalue weighted by Crippen LogP contribution is -2.10. The Bertz CT molecular complexity index is 446. The summed E-state index contributed by atoms with van der Waals surface area (Å²) in [5, 5.41) is 2.97. The van der Waals surface area contributed by atoms with Gasteiger partial charge >= 0.3 is 0 Å². The Balaban J connectivity index is 2.61. The molecule has 0 spiro atoms. The van der Waals surface area contributed by atoms with Gasteiger partial charge in [0.25, 0.3) is 0 Å². The van der Waals surface area contributed by atoms with E-state index in [0.717, 1.165) is 5.56 Å². The normalized spacial score (nSPS) is 11.2. The summed E-state index contributed by atoms with van der Waals surface area (Å²) in [5.41, 5.74) is 0.812. The average Bonchev–Trinajstić information content (AvgIpc) is 2.28. The molecule has 0 aliphatic rings. The van der Waals surface area contributed by atoms with Crippen molar-refractivity contribution in [2.75, 3.05) is 7.11 Å². The van der Waals surface area contributed by atoms with Gasteiger partial charge in [-0.3, -0.25) is 4.79 Å². The number of ether oxygens (including phenoxy) is 1. The highest BCUT2D eigenvalue weighted by Gasteiger charge is 2.03. The second-order valence-corrected chi connectivity index (χ2v) is 3.81. The van der Waals surface area contributed by atoms with Crippen molar-refractivity contribution in [3.8, 4) is 0 Å². The largest absolute Gasteiger partial charge is 0.492 e. The number of halogens is 2. The molecule has 92 valence electrons. The molecule has 0 saturated carbocycles. The minimum atomic E-state index is -0.452. The van der Waals surface area contributed by atoms with E-state index in [-0.39, 0.29) is 16.6 Å². The summed E-state index contributed by atoms with van der Waals surface area (Å²) in [7, 11) is 1.42. The highest BCUT2D eigenvalue weighted by atomic mass is 35.5. The predicted octanol–water partition coefficient (Wildman–Crippen LogP) is 2.65. The maximum atomic E-state index is 12.9. The molecule has 0 atom stereocenters. The van der Waals surface area contributed by atoms with Crippen LogP contribution >= 0.6 is 11.6 Å². The van der Waals surface area contributed by atoms with Gasteiger partial charge in [0.15, 0.2) is 11.5 Å². The topological polar surface area (TPSA) is 38.3 Å². The molecule has 1 aromatic rings. The molecule has 1 rings (SSSR count). The molecule has 5 heteroatoms. The number of benzene rings is 1. The van der Waals surface area contributed by atoms with E-state index in [2.05, 4.69) is 5.32 Å². The molecule has 0 aromatic heterocycles. The third kappa shape index (κ3) is 4.07. The number of methoxy groups -OCH3 is 1. The fraction of sp³-hybridized carbons (Fsp3) is 0.250. The number of ketones is 1. The molecule has 1 aromatic carbocycles. The zero-order valence-corrected chi connectivity index (χ0v) is 10.3. The van der Waals surface area contributed by atoms with E-state index < -0.39 is 5.82 Å². The molecule has 0 unspecified atom stereocenters. The summed E-state index contributed by atoms with van der Waals surface area (Å²) in [6.07, 6.45) is 1.47. The van der Waals surface area contributed by atoms with Crippen LogP contribution in [0.2, 0.25) is 5.02 Å². The molecule has 0 aliphatic carbocycles. The van der Waals surface area contributed by atoms with Crippen LogP contribution in [0.3, 0.4) is 0 Å². The first-order valence-corrected chi connectivity index (χ1v) is 5.34. The van der Waals surface area contributed by atoms with Gasteiger partial charge in [-0.05, 0) is 17.7 Å². The van der Waals surface area contributed by atoms with Crippen LogP contribution < -0.4 is 5.32 Å². The van der Waals surface area contributed by atoms with Crippen molar-refractivity contribution in [1.82, 2.24) is 5.32 Å². The molecule has 3 nitrogen and oxygen atoms in total. The lowest BCUT2D eigenvalue weighted by Gasteiger charge is -2.05. The van der Waals surface area contributed by atoms with Crippen LogP contribution in [0.5, 0.6) is 0 Å². The van der Waals surface area contributed by atoms with Crippen LogP contribution in [0.15, 0.2) is 30.2 Å². The first-order chi connectivity index (χ1) is 8.04. The van der Waals surface area contributed by atoms with Crippen molar-refractivity contribution in [3.05, 3.63) is 46.6 Å². The van der Waals surface area contributed by atoms with Gasteiger partial charge in [-0.1, -0.05) is 17.7 Å². The van der Waals surface area contributed by atoms with E-state index in [4.69, 9.17) is 16.3 Å². The zero-order chi connectivity index (χ0) is 12.8. The molecule has 0 saturated heterocycles. The maximum Gasteiger partial charge on any atom is 0.195 e. The molecule has 0 aliphatic heterocycles. The summed E-state index contributed by atoms with van der Waals surface area (Å²) in [6, 6.07) is 4.44. The van der Waals surface area contributed by atoms with Gasteiger partial charge in [-0.25, -0.2) is 4.39 Å². The van der Waals surface area contributed by atoms with Crippen molar-refractivity contribution in [2.24, 2.45) is 0 Å². The van der Waals surface area contributed by atoms with Gasteiger partial charge in [0, 0.05) is 19.7 Å². The standard InChI is InChI=1S/C12H13ClFNO2/c1-8(16)12(17-2)7-15-6-9-3-4-11(14)10(13)5-9/h3-5,7,15H,6H2,1-2H3/b12-7+. The van der Waals surface area contributed by atoms with Gasteiger partial charge in [0.2, 0.25) is 0 Å². The van der Waals surface area contributed by atoms with Crippen LogP contribution in [0, 0.1) is 5.82 Å². The highest BCUT2D eigenvalue weighted by molar-refractivity contribution is 6.30. The second kappa shape index (κ2) is 6.25. The van der Waals surface area contributed by atoms with Crippen molar-refractivity contribution in [1.29, 1.82) is 0 Å². The van der Waals surface area contributed by atoms with Crippen molar-refractivity contribution in [2.45, 2.75) is 13.5 Å². The quantitative estimate of drug-likeness (QED) is 0.651. The molecule has 0 heterocycles. The molecule has 0 fully saturated rings. The minimum absolute atomic E-state index is 0.0758. The number of allylic oxidation sites excluding steroid dienone is 1. The Labute approximate surface area is 104 Å². The van der Waals surface area contributed by atoms with Crippen molar-refractivity contribution < 1.29 is 13.9 Å². The van der Waals surface area contributed by atoms with Crippen LogP contribution in [-0.2, 0) is 16.1 Å². The third-order valence-corrected chi connectivity index (χ3v) is 2.38. The Morgan fingerprint density at radius 2 is 2.29 bits per heavy atom. The fourth-order valence-corrected chi connectivity index (χ4v) is 1.42. The van der Waals surface area contributed by atoms with E-state index in [1.165, 1.54) is 32.4 Å². The fourth-order valence-electron chi connectivity index (χ4n) is 1.22. The number of nitrogens with one attached hydrogen (secondary N) is 1. The number of hydrogen-bond acceptors (Lipinski definition) is 3. The highest BCUT2D eigenvalue weighted by Crippen LogP contribution is 2.15. The molecule has 0 bridgehead atoms. The number of Topliss-reactive ketones (excluding diaryl/α,β-unsaturated/α-hetero) is 1. The molecular weight excluding hydrogens is 245 g/mol. The third-order valence-electron chi connectivity index (χ3n) is 2.09. The summed E-state index contributed by atoms with van der Waals surface area (Å²) in [6.45, 7) is 1.84. The van der Waals surface area contributed by atoms with Gasteiger partial charge in [-0.15, -0.1) is 0 Å². The Morgan fingerprint density at radius 3 is 2.82 bits per heavy atom. The van der Waals surface area contributed by atoms with Gasteiger partial charge in [0.05, 0.1) is 12.1 Å². The second-order valence-electron chi connectivity index (χ2n) is 3.40. The Kier molecular flexibility index (Phi) is 4.97. The summed E-state index contributed by atoms with van der Waals surface area (Å²) in [4.78, 5) is 11.0. The van der Waals surface area contributed by atoms with E-state index >= 15 is 0 Å². The van der Waals surface area contributed by atoms with Crippen LogP contribution in [-0.4, -0.2) is 12.9 Å². The lowest BCUT2D eigenvalue weighted by atomic mass is 10.2. The molecule has 17 heavy (non-hydrogen) atoms. The number of carbonyl (C=O) groups is 1. The first kappa shape index (κ1) is 13.5. The van der Waals surface area contributed by atoms with Gasteiger partial charge < -0.3 is 10.1 Å². The smallest absolute Gasteiger partial charge is 0.195 e.